The van der Waals surface area contributed by atoms with Crippen LogP contribution in [0.4, 0.5) is 0 Å². The first-order valence-electron chi connectivity index (χ1n) is 10.3. The molecule has 170 valence electrons. The molecule has 0 radical (unpaired) electrons. The van der Waals surface area contributed by atoms with Gasteiger partial charge in [0.1, 0.15) is 19.0 Å². The summed E-state index contributed by atoms with van der Waals surface area (Å²) in [6.45, 7) is 6.57. The zero-order valence-corrected chi connectivity index (χ0v) is 19.7. The monoisotopic (exact) mass is 464 g/mol. The molecule has 2 aliphatic heterocycles. The van der Waals surface area contributed by atoms with Crippen LogP contribution < -0.4 is 14.2 Å². The van der Waals surface area contributed by atoms with Crippen LogP contribution >= 0.6 is 11.8 Å². The number of aryl methyl sites for hydroxylation is 2. The van der Waals surface area contributed by atoms with Crippen LogP contribution in [0.5, 0.6) is 17.2 Å². The molecule has 0 spiro atoms. The number of aliphatic imine (C=N–C) groups is 1. The number of carbonyl (C=O) groups is 1. The van der Waals surface area contributed by atoms with Crippen LogP contribution in [0.15, 0.2) is 52.1 Å². The highest BCUT2D eigenvalue weighted by Crippen LogP contribution is 2.31. The zero-order valence-electron chi connectivity index (χ0n) is 18.8. The van der Waals surface area contributed by atoms with E-state index in [0.29, 0.717) is 35.4 Å². The highest BCUT2D eigenvalue weighted by molar-refractivity contribution is 8.26. The number of benzene rings is 2. The summed E-state index contributed by atoms with van der Waals surface area (Å²) in [4.78, 5) is 16.5. The van der Waals surface area contributed by atoms with Crippen LogP contribution in [0.2, 0.25) is 0 Å². The fraction of sp³-hybridized carbons (Fsp3) is 0.250. The molecule has 2 heterocycles. The normalized spacial score (nSPS) is 16.5. The molecular formula is C24H24N4O4S. The third-order valence-electron chi connectivity index (χ3n) is 5.00. The van der Waals surface area contributed by atoms with Crippen LogP contribution in [0, 0.1) is 19.3 Å². The molecule has 1 amide bonds. The Hall–Kier alpha value is -3.59. The average Bonchev–Trinajstić information content (AvgIpc) is 3.17. The Bertz CT molecular complexity index is 1220. The molecule has 0 saturated heterocycles. The number of carbonyl (C=O) groups excluding carboxylic acids is 1. The van der Waals surface area contributed by atoms with Crippen molar-refractivity contribution in [2.75, 3.05) is 20.3 Å². The molecule has 1 N–H and O–H groups in total. The molecule has 9 heteroatoms. The van der Waals surface area contributed by atoms with Crippen molar-refractivity contribution in [1.29, 1.82) is 5.41 Å². The Morgan fingerprint density at radius 1 is 1.03 bits per heavy atom. The summed E-state index contributed by atoms with van der Waals surface area (Å²) < 4.78 is 17.1. The number of hydrazone groups is 1. The lowest BCUT2D eigenvalue weighted by atomic mass is 10.1. The summed E-state index contributed by atoms with van der Waals surface area (Å²) in [7, 11) is 1.55. The van der Waals surface area contributed by atoms with E-state index in [1.54, 1.807) is 31.4 Å². The van der Waals surface area contributed by atoms with Crippen molar-refractivity contribution in [3.8, 4) is 17.2 Å². The summed E-state index contributed by atoms with van der Waals surface area (Å²) in [6, 6.07) is 11.4. The maximum Gasteiger partial charge on any atom is 0.283 e. The Kier molecular flexibility index (Phi) is 6.50. The number of hydrogen-bond acceptors (Lipinski definition) is 7. The van der Waals surface area contributed by atoms with Gasteiger partial charge in [0.25, 0.3) is 5.91 Å². The number of nitrogens with one attached hydrogen (secondary N) is 1. The van der Waals surface area contributed by atoms with E-state index in [1.807, 2.05) is 39.0 Å². The van der Waals surface area contributed by atoms with Crippen LogP contribution in [-0.2, 0) is 4.79 Å². The molecule has 33 heavy (non-hydrogen) atoms. The first-order valence-corrected chi connectivity index (χ1v) is 11.1. The van der Waals surface area contributed by atoms with E-state index in [1.165, 1.54) is 16.8 Å². The molecule has 0 atom stereocenters. The van der Waals surface area contributed by atoms with Gasteiger partial charge >= 0.3 is 0 Å². The van der Waals surface area contributed by atoms with Crippen molar-refractivity contribution in [2.24, 2.45) is 10.1 Å². The van der Waals surface area contributed by atoms with Gasteiger partial charge in [0.05, 0.1) is 17.7 Å². The molecule has 0 bridgehead atoms. The Morgan fingerprint density at radius 2 is 1.79 bits per heavy atom. The van der Waals surface area contributed by atoms with Gasteiger partial charge < -0.3 is 14.2 Å². The number of ether oxygens (including phenoxy) is 3. The van der Waals surface area contributed by atoms with Crippen molar-refractivity contribution in [2.45, 2.75) is 20.8 Å². The molecular weight excluding hydrogens is 440 g/mol. The van der Waals surface area contributed by atoms with E-state index >= 15 is 0 Å². The van der Waals surface area contributed by atoms with Gasteiger partial charge in [-0.1, -0.05) is 18.2 Å². The van der Waals surface area contributed by atoms with E-state index in [0.717, 1.165) is 21.9 Å². The minimum absolute atomic E-state index is 0.00256. The van der Waals surface area contributed by atoms with Crippen LogP contribution in [0.3, 0.4) is 0 Å². The number of nitrogens with zero attached hydrogens (tertiary/aromatic N) is 3. The zero-order chi connectivity index (χ0) is 23.5. The van der Waals surface area contributed by atoms with Crippen molar-refractivity contribution in [1.82, 2.24) is 5.01 Å². The van der Waals surface area contributed by atoms with Crippen LogP contribution in [-0.4, -0.2) is 47.3 Å². The smallest absolute Gasteiger partial charge is 0.283 e. The SMILES string of the molecule is COc1cc(/C=C2/C(=N)N3N=C(C)SC3=NC2=O)ccc1OCCOc1cc(C)ccc1C. The average molecular weight is 465 g/mol. The van der Waals surface area contributed by atoms with E-state index < -0.39 is 5.91 Å². The standard InChI is InChI=1S/C24H24N4O4S/c1-14-5-6-15(2)20(11-14)32-10-9-31-19-8-7-17(13-21(19)30-4)12-18-22(25)28-24(26-23(18)29)33-16(3)27-28/h5-8,11-13,25H,9-10H2,1-4H3/b18-12-,25-22?. The van der Waals surface area contributed by atoms with Crippen molar-refractivity contribution in [3.05, 3.63) is 58.7 Å². The quantitative estimate of drug-likeness (QED) is 0.482. The second kappa shape index (κ2) is 9.50. The van der Waals surface area contributed by atoms with Gasteiger partial charge in [-0.15, -0.1) is 0 Å². The molecule has 0 unspecified atom stereocenters. The van der Waals surface area contributed by atoms with Crippen molar-refractivity contribution >= 4 is 39.8 Å². The summed E-state index contributed by atoms with van der Waals surface area (Å²) >= 11 is 1.27. The highest BCUT2D eigenvalue weighted by Gasteiger charge is 2.34. The molecule has 0 saturated carbocycles. The fourth-order valence-electron chi connectivity index (χ4n) is 3.31. The van der Waals surface area contributed by atoms with Gasteiger partial charge in [-0.05, 0) is 73.5 Å². The molecule has 2 aromatic rings. The topological polar surface area (TPSA) is 96.6 Å². The van der Waals surface area contributed by atoms with E-state index in [2.05, 4.69) is 10.1 Å². The number of fused-ring (bicyclic) bond motifs is 1. The largest absolute Gasteiger partial charge is 0.493 e. The number of amidine groups is 2. The number of rotatable bonds is 7. The Morgan fingerprint density at radius 3 is 2.55 bits per heavy atom. The molecule has 0 fully saturated rings. The van der Waals surface area contributed by atoms with Gasteiger partial charge in [0.15, 0.2) is 17.3 Å². The van der Waals surface area contributed by atoms with Gasteiger partial charge in [-0.3, -0.25) is 10.2 Å². The fourth-order valence-corrected chi connectivity index (χ4v) is 4.05. The van der Waals surface area contributed by atoms with Crippen molar-refractivity contribution < 1.29 is 19.0 Å². The Labute approximate surface area is 196 Å². The molecule has 0 aliphatic carbocycles. The summed E-state index contributed by atoms with van der Waals surface area (Å²) in [5.41, 5.74) is 3.06. The molecule has 8 nitrogen and oxygen atoms in total. The molecule has 0 aromatic heterocycles. The van der Waals surface area contributed by atoms with Gasteiger partial charge in [-0.2, -0.15) is 15.1 Å². The maximum atomic E-state index is 12.5. The van der Waals surface area contributed by atoms with Crippen LogP contribution in [0.25, 0.3) is 6.08 Å². The van der Waals surface area contributed by atoms with Gasteiger partial charge in [0.2, 0.25) is 5.17 Å². The van der Waals surface area contributed by atoms with Gasteiger partial charge in [-0.25, -0.2) is 0 Å². The predicted molar refractivity (Wildman–Crippen MR) is 131 cm³/mol. The van der Waals surface area contributed by atoms with Gasteiger partial charge in [0, 0.05) is 0 Å². The second-order valence-electron chi connectivity index (χ2n) is 7.52. The molecule has 2 aromatic carbocycles. The maximum absolute atomic E-state index is 12.5. The number of amides is 1. The number of thioether (sulfide) groups is 1. The van der Waals surface area contributed by atoms with E-state index in [9.17, 15) is 4.79 Å². The van der Waals surface area contributed by atoms with E-state index in [-0.39, 0.29) is 11.4 Å². The first kappa shape index (κ1) is 22.6. The molecule has 4 rings (SSSR count). The highest BCUT2D eigenvalue weighted by atomic mass is 32.2. The van der Waals surface area contributed by atoms with Crippen molar-refractivity contribution in [3.63, 3.8) is 0 Å². The third-order valence-corrected chi connectivity index (χ3v) is 5.82. The summed E-state index contributed by atoms with van der Waals surface area (Å²) in [5.74, 6) is 1.45. The predicted octanol–water partition coefficient (Wildman–Crippen LogP) is 4.41. The lowest BCUT2D eigenvalue weighted by Gasteiger charge is -2.20. The second-order valence-corrected chi connectivity index (χ2v) is 8.68. The number of hydrogen-bond donors (Lipinski definition) is 1. The Balaban J connectivity index is 1.44. The minimum Gasteiger partial charge on any atom is -0.493 e. The lowest BCUT2D eigenvalue weighted by molar-refractivity contribution is -0.114. The summed E-state index contributed by atoms with van der Waals surface area (Å²) in [6.07, 6.45) is 1.61. The van der Waals surface area contributed by atoms with E-state index in [4.69, 9.17) is 19.6 Å². The molecule has 2 aliphatic rings. The lowest BCUT2D eigenvalue weighted by Crippen LogP contribution is -2.35. The first-order chi connectivity index (χ1) is 15.9. The minimum atomic E-state index is -0.466. The van der Waals surface area contributed by atoms with Crippen LogP contribution in [0.1, 0.15) is 23.6 Å². The summed E-state index contributed by atoms with van der Waals surface area (Å²) in [5, 5.41) is 15.1. The third kappa shape index (κ3) is 4.93. The number of methoxy groups -OCH3 is 1.